The van der Waals surface area contributed by atoms with E-state index in [1.165, 1.54) is 0 Å². The summed E-state index contributed by atoms with van der Waals surface area (Å²) in [4.78, 5) is 4.40. The monoisotopic (exact) mass is 215 g/mol. The van der Waals surface area contributed by atoms with Gasteiger partial charge in [-0.1, -0.05) is 6.07 Å². The number of aryl methyl sites for hydroxylation is 1. The van der Waals surface area contributed by atoms with Crippen molar-refractivity contribution in [3.05, 3.63) is 36.0 Å². The molecular weight excluding hydrogens is 202 g/mol. The number of fused-ring (bicyclic) bond motifs is 1. The molecule has 0 saturated carbocycles. The average molecular weight is 215 g/mol. The van der Waals surface area contributed by atoms with E-state index in [1.807, 2.05) is 37.3 Å². The summed E-state index contributed by atoms with van der Waals surface area (Å²) in [5.41, 5.74) is 7.08. The lowest BCUT2D eigenvalue weighted by Gasteiger charge is -2.06. The van der Waals surface area contributed by atoms with Crippen molar-refractivity contribution >= 4 is 16.7 Å². The molecule has 0 radical (unpaired) electrons. The normalized spacial score (nSPS) is 10.3. The summed E-state index contributed by atoms with van der Waals surface area (Å²) in [6.45, 7) is 2.06. The molecule has 1 aromatic carbocycles. The van der Waals surface area contributed by atoms with Gasteiger partial charge in [0, 0.05) is 17.1 Å². The number of nitrogens with two attached hydrogens (primary N) is 1. The van der Waals surface area contributed by atoms with E-state index in [4.69, 9.17) is 15.9 Å². The van der Waals surface area contributed by atoms with Crippen LogP contribution in [0.1, 0.15) is 5.69 Å². The van der Waals surface area contributed by atoms with Crippen LogP contribution in [0, 0.1) is 12.3 Å². The van der Waals surface area contributed by atoms with Crippen LogP contribution in [0.2, 0.25) is 0 Å². The molecular formula is C12H13N3O. The molecule has 16 heavy (non-hydrogen) atoms. The van der Waals surface area contributed by atoms with E-state index in [1.54, 1.807) is 0 Å². The van der Waals surface area contributed by atoms with Gasteiger partial charge < -0.3 is 10.5 Å². The number of aromatic nitrogens is 1. The molecule has 1 heterocycles. The van der Waals surface area contributed by atoms with Crippen LogP contribution in [0.25, 0.3) is 10.9 Å². The van der Waals surface area contributed by atoms with Gasteiger partial charge in [0.05, 0.1) is 5.52 Å². The highest BCUT2D eigenvalue weighted by Crippen LogP contribution is 2.19. The minimum atomic E-state index is 0.0114. The molecule has 0 bridgehead atoms. The smallest absolute Gasteiger partial charge is 0.145 e. The molecule has 2 aromatic rings. The highest BCUT2D eigenvalue weighted by Gasteiger charge is 1.99. The van der Waals surface area contributed by atoms with Crippen LogP contribution in [-0.4, -0.2) is 17.4 Å². The van der Waals surface area contributed by atoms with Crippen molar-refractivity contribution in [3.8, 4) is 5.75 Å². The first-order chi connectivity index (χ1) is 7.65. The molecule has 0 amide bonds. The van der Waals surface area contributed by atoms with Crippen LogP contribution >= 0.6 is 0 Å². The Kier molecular flexibility index (Phi) is 2.72. The van der Waals surface area contributed by atoms with E-state index in [0.29, 0.717) is 5.75 Å². The molecule has 0 fully saturated rings. The number of nitrogens with zero attached hydrogens (tertiary/aromatic N) is 1. The Labute approximate surface area is 93.6 Å². The van der Waals surface area contributed by atoms with Crippen LogP contribution in [0.4, 0.5) is 0 Å². The fraction of sp³-hybridized carbons (Fsp3) is 0.167. The Morgan fingerprint density at radius 1 is 1.38 bits per heavy atom. The number of hydrogen-bond donors (Lipinski definition) is 2. The van der Waals surface area contributed by atoms with Crippen molar-refractivity contribution in [2.24, 2.45) is 5.73 Å². The number of pyridine rings is 1. The SMILES string of the molecule is Cc1ccc2ccc(OCC(=N)N)cc2n1. The molecule has 3 N–H and O–H groups in total. The van der Waals surface area contributed by atoms with E-state index >= 15 is 0 Å². The minimum Gasteiger partial charge on any atom is -0.486 e. The first-order valence-electron chi connectivity index (χ1n) is 4.98. The lowest BCUT2D eigenvalue weighted by molar-refractivity contribution is 0.375. The van der Waals surface area contributed by atoms with E-state index in [-0.39, 0.29) is 12.4 Å². The van der Waals surface area contributed by atoms with Gasteiger partial charge in [0.15, 0.2) is 0 Å². The lowest BCUT2D eigenvalue weighted by atomic mass is 10.2. The zero-order chi connectivity index (χ0) is 11.5. The predicted molar refractivity (Wildman–Crippen MR) is 63.9 cm³/mol. The van der Waals surface area contributed by atoms with Gasteiger partial charge in [-0.25, -0.2) is 0 Å². The molecule has 0 spiro atoms. The van der Waals surface area contributed by atoms with Gasteiger partial charge in [0.2, 0.25) is 0 Å². The second kappa shape index (κ2) is 4.18. The summed E-state index contributed by atoms with van der Waals surface area (Å²) in [6, 6.07) is 9.63. The zero-order valence-electron chi connectivity index (χ0n) is 9.03. The van der Waals surface area contributed by atoms with Crippen molar-refractivity contribution < 1.29 is 4.74 Å². The average Bonchev–Trinajstić information content (AvgIpc) is 2.25. The standard InChI is InChI=1S/C12H13N3O/c1-8-2-3-9-4-5-10(6-11(9)15-8)16-7-12(13)14/h2-6H,7H2,1H3,(H3,13,14). The lowest BCUT2D eigenvalue weighted by Crippen LogP contribution is -2.19. The molecule has 82 valence electrons. The maximum absolute atomic E-state index is 7.08. The molecule has 0 atom stereocenters. The van der Waals surface area contributed by atoms with Crippen LogP contribution in [0.3, 0.4) is 0 Å². The second-order valence-electron chi connectivity index (χ2n) is 3.62. The molecule has 1 aromatic heterocycles. The Balaban J connectivity index is 2.31. The summed E-state index contributed by atoms with van der Waals surface area (Å²) in [6.07, 6.45) is 0. The van der Waals surface area contributed by atoms with E-state index in [0.717, 1.165) is 16.6 Å². The number of ether oxygens (including phenoxy) is 1. The minimum absolute atomic E-state index is 0.0114. The first-order valence-corrected chi connectivity index (χ1v) is 4.98. The Bertz CT molecular complexity index is 537. The van der Waals surface area contributed by atoms with Crippen LogP contribution in [0.15, 0.2) is 30.3 Å². The Morgan fingerprint density at radius 3 is 2.88 bits per heavy atom. The number of rotatable bonds is 3. The maximum Gasteiger partial charge on any atom is 0.145 e. The molecule has 4 heteroatoms. The highest BCUT2D eigenvalue weighted by molar-refractivity contribution is 5.81. The second-order valence-corrected chi connectivity index (χ2v) is 3.62. The van der Waals surface area contributed by atoms with E-state index < -0.39 is 0 Å². The van der Waals surface area contributed by atoms with Crippen molar-refractivity contribution in [3.63, 3.8) is 0 Å². The van der Waals surface area contributed by atoms with Gasteiger partial charge in [-0.05, 0) is 25.1 Å². The zero-order valence-corrected chi connectivity index (χ0v) is 9.03. The predicted octanol–water partition coefficient (Wildman–Crippen LogP) is 1.86. The van der Waals surface area contributed by atoms with Crippen LogP contribution in [-0.2, 0) is 0 Å². The molecule has 0 aliphatic rings. The first kappa shape index (κ1) is 10.4. The summed E-state index contributed by atoms with van der Waals surface area (Å²) >= 11 is 0. The summed E-state index contributed by atoms with van der Waals surface area (Å²) in [5, 5.41) is 8.15. The number of amidine groups is 1. The van der Waals surface area contributed by atoms with Crippen molar-refractivity contribution in [1.29, 1.82) is 5.41 Å². The number of benzene rings is 1. The van der Waals surface area contributed by atoms with Crippen molar-refractivity contribution in [2.45, 2.75) is 6.92 Å². The highest BCUT2D eigenvalue weighted by atomic mass is 16.5. The fourth-order valence-electron chi connectivity index (χ4n) is 1.45. The molecule has 0 unspecified atom stereocenters. The molecule has 0 aliphatic heterocycles. The van der Waals surface area contributed by atoms with Crippen molar-refractivity contribution in [2.75, 3.05) is 6.61 Å². The summed E-state index contributed by atoms with van der Waals surface area (Å²) in [7, 11) is 0. The van der Waals surface area contributed by atoms with Gasteiger partial charge in [0.1, 0.15) is 18.2 Å². The number of hydrogen-bond acceptors (Lipinski definition) is 3. The van der Waals surface area contributed by atoms with Gasteiger partial charge in [-0.3, -0.25) is 10.4 Å². The molecule has 4 nitrogen and oxygen atoms in total. The van der Waals surface area contributed by atoms with Crippen molar-refractivity contribution in [1.82, 2.24) is 4.98 Å². The number of nitrogens with one attached hydrogen (secondary N) is 1. The third-order valence-electron chi connectivity index (χ3n) is 2.20. The molecule has 0 saturated heterocycles. The summed E-state index contributed by atoms with van der Waals surface area (Å²) < 4.78 is 5.33. The van der Waals surface area contributed by atoms with Crippen LogP contribution in [0.5, 0.6) is 5.75 Å². The third-order valence-corrected chi connectivity index (χ3v) is 2.20. The van der Waals surface area contributed by atoms with Gasteiger partial charge in [-0.2, -0.15) is 0 Å². The van der Waals surface area contributed by atoms with Gasteiger partial charge in [0.25, 0.3) is 0 Å². The Morgan fingerprint density at radius 2 is 2.12 bits per heavy atom. The quantitative estimate of drug-likeness (QED) is 0.606. The largest absolute Gasteiger partial charge is 0.486 e. The van der Waals surface area contributed by atoms with E-state index in [9.17, 15) is 0 Å². The fourth-order valence-corrected chi connectivity index (χ4v) is 1.45. The molecule has 2 rings (SSSR count). The van der Waals surface area contributed by atoms with Gasteiger partial charge >= 0.3 is 0 Å². The summed E-state index contributed by atoms with van der Waals surface area (Å²) in [5.74, 6) is 0.693. The maximum atomic E-state index is 7.08. The van der Waals surface area contributed by atoms with Crippen LogP contribution < -0.4 is 10.5 Å². The third kappa shape index (κ3) is 2.28. The topological polar surface area (TPSA) is 72.0 Å². The van der Waals surface area contributed by atoms with Gasteiger partial charge in [-0.15, -0.1) is 0 Å². The van der Waals surface area contributed by atoms with E-state index in [2.05, 4.69) is 4.98 Å². The Hall–Kier alpha value is -2.10. The molecule has 0 aliphatic carbocycles.